The van der Waals surface area contributed by atoms with Gasteiger partial charge in [0.05, 0.1) is 0 Å². The van der Waals surface area contributed by atoms with Gasteiger partial charge in [-0.05, 0) is 29.1 Å². The number of carboxylic acids is 1. The van der Waals surface area contributed by atoms with Crippen molar-refractivity contribution in [1.82, 2.24) is 0 Å². The number of benzene rings is 1. The van der Waals surface area contributed by atoms with Crippen LogP contribution in [0.25, 0.3) is 5.57 Å². The second-order valence-electron chi connectivity index (χ2n) is 3.38. The van der Waals surface area contributed by atoms with Crippen molar-refractivity contribution in [2.75, 3.05) is 0 Å². The zero-order valence-electron chi connectivity index (χ0n) is 8.76. The van der Waals surface area contributed by atoms with E-state index in [0.29, 0.717) is 10.6 Å². The van der Waals surface area contributed by atoms with Gasteiger partial charge in [0.15, 0.2) is 0 Å². The highest BCUT2D eigenvalue weighted by Gasteiger charge is 2.08. The molecular weight excluding hydrogens is 256 g/mol. The molecule has 0 amide bonds. The number of rotatable bonds is 3. The van der Waals surface area contributed by atoms with Crippen LogP contribution >= 0.6 is 22.9 Å². The molecule has 0 aliphatic carbocycles. The van der Waals surface area contributed by atoms with Crippen LogP contribution in [0.15, 0.2) is 47.9 Å². The third kappa shape index (κ3) is 2.96. The van der Waals surface area contributed by atoms with E-state index in [1.165, 1.54) is 17.4 Å². The molecule has 1 heterocycles. The molecule has 1 N–H and O–H groups in total. The number of aliphatic carboxylic acids is 1. The number of halogens is 1. The molecule has 0 unspecified atom stereocenters. The third-order valence-corrected chi connectivity index (χ3v) is 3.33. The predicted octanol–water partition coefficient (Wildman–Crippen LogP) is 3.92. The minimum Gasteiger partial charge on any atom is -0.478 e. The van der Waals surface area contributed by atoms with Crippen LogP contribution in [0.5, 0.6) is 0 Å². The Morgan fingerprint density at radius 3 is 2.71 bits per heavy atom. The lowest BCUT2D eigenvalue weighted by Gasteiger charge is -2.05. The fourth-order valence-corrected chi connectivity index (χ4v) is 2.46. The number of hydrogen-bond acceptors (Lipinski definition) is 2. The summed E-state index contributed by atoms with van der Waals surface area (Å²) in [4.78, 5) is 11.8. The molecule has 86 valence electrons. The molecule has 4 heteroatoms. The van der Waals surface area contributed by atoms with Crippen molar-refractivity contribution in [3.63, 3.8) is 0 Å². The van der Waals surface area contributed by atoms with Crippen LogP contribution in [0.3, 0.4) is 0 Å². The van der Waals surface area contributed by atoms with Crippen molar-refractivity contribution in [2.24, 2.45) is 0 Å². The molecule has 2 aromatic rings. The Labute approximate surface area is 108 Å². The molecule has 2 rings (SSSR count). The first-order valence-electron chi connectivity index (χ1n) is 4.91. The lowest BCUT2D eigenvalue weighted by molar-refractivity contribution is -0.131. The van der Waals surface area contributed by atoms with Crippen LogP contribution in [0.2, 0.25) is 5.02 Å². The summed E-state index contributed by atoms with van der Waals surface area (Å²) in [5.41, 5.74) is 1.48. The van der Waals surface area contributed by atoms with E-state index >= 15 is 0 Å². The first kappa shape index (κ1) is 11.9. The molecule has 0 atom stereocenters. The van der Waals surface area contributed by atoms with Gasteiger partial charge < -0.3 is 5.11 Å². The smallest absolute Gasteiger partial charge is 0.328 e. The Bertz CT molecular complexity index is 559. The monoisotopic (exact) mass is 264 g/mol. The van der Waals surface area contributed by atoms with Crippen molar-refractivity contribution in [3.8, 4) is 0 Å². The Hall–Kier alpha value is -1.58. The van der Waals surface area contributed by atoms with Gasteiger partial charge in [-0.15, -0.1) is 11.3 Å². The minimum atomic E-state index is -0.964. The second kappa shape index (κ2) is 5.17. The molecule has 1 aromatic carbocycles. The summed E-state index contributed by atoms with van der Waals surface area (Å²) in [6, 6.07) is 11.0. The van der Waals surface area contributed by atoms with E-state index in [0.717, 1.165) is 10.4 Å². The number of carbonyl (C=O) groups is 1. The first-order valence-corrected chi connectivity index (χ1v) is 6.17. The fraction of sp³-hybridized carbons (Fsp3) is 0. The van der Waals surface area contributed by atoms with Gasteiger partial charge >= 0.3 is 5.97 Å². The van der Waals surface area contributed by atoms with E-state index in [9.17, 15) is 4.79 Å². The zero-order valence-corrected chi connectivity index (χ0v) is 10.3. The predicted molar refractivity (Wildman–Crippen MR) is 70.5 cm³/mol. The van der Waals surface area contributed by atoms with Gasteiger partial charge in [0.25, 0.3) is 0 Å². The highest BCUT2D eigenvalue weighted by atomic mass is 35.5. The Balaban J connectivity index is 2.52. The van der Waals surface area contributed by atoms with E-state index in [-0.39, 0.29) is 0 Å². The summed E-state index contributed by atoms with van der Waals surface area (Å²) in [6.07, 6.45) is 1.21. The average Bonchev–Trinajstić information content (AvgIpc) is 2.79. The van der Waals surface area contributed by atoms with Gasteiger partial charge in [-0.25, -0.2) is 4.79 Å². The van der Waals surface area contributed by atoms with Crippen molar-refractivity contribution >= 4 is 34.5 Å². The number of hydrogen-bond donors (Lipinski definition) is 1. The molecule has 1 aromatic heterocycles. The topological polar surface area (TPSA) is 37.3 Å². The van der Waals surface area contributed by atoms with Crippen molar-refractivity contribution in [3.05, 3.63) is 63.3 Å². The van der Waals surface area contributed by atoms with Gasteiger partial charge in [0.2, 0.25) is 0 Å². The molecule has 0 fully saturated rings. The van der Waals surface area contributed by atoms with Crippen LogP contribution in [0.4, 0.5) is 0 Å². The minimum absolute atomic E-state index is 0.593. The van der Waals surface area contributed by atoms with Gasteiger partial charge in [-0.1, -0.05) is 29.8 Å². The Morgan fingerprint density at radius 2 is 2.12 bits per heavy atom. The highest BCUT2D eigenvalue weighted by molar-refractivity contribution is 7.11. The van der Waals surface area contributed by atoms with E-state index in [2.05, 4.69) is 0 Å². The third-order valence-electron chi connectivity index (χ3n) is 2.19. The van der Waals surface area contributed by atoms with Crippen LogP contribution in [0, 0.1) is 0 Å². The molecule has 0 saturated heterocycles. The van der Waals surface area contributed by atoms with Crippen LogP contribution in [-0.4, -0.2) is 11.1 Å². The molecule has 0 spiro atoms. The molecule has 0 saturated carbocycles. The normalized spacial score (nSPS) is 11.5. The molecule has 0 aliphatic heterocycles. The average molecular weight is 265 g/mol. The van der Waals surface area contributed by atoms with Gasteiger partial charge in [-0.3, -0.25) is 0 Å². The zero-order chi connectivity index (χ0) is 12.3. The largest absolute Gasteiger partial charge is 0.478 e. The van der Waals surface area contributed by atoms with Crippen molar-refractivity contribution < 1.29 is 9.90 Å². The Kier molecular flexibility index (Phi) is 3.61. The maximum atomic E-state index is 10.9. The SMILES string of the molecule is O=C(O)/C=C(\c1cccc(Cl)c1)c1cccs1. The summed E-state index contributed by atoms with van der Waals surface area (Å²) in [6.45, 7) is 0. The first-order chi connectivity index (χ1) is 8.16. The number of carboxylic acid groups (broad SMARTS) is 1. The molecule has 2 nitrogen and oxygen atoms in total. The van der Waals surface area contributed by atoms with Gasteiger partial charge in [0, 0.05) is 21.5 Å². The maximum Gasteiger partial charge on any atom is 0.328 e. The summed E-state index contributed by atoms with van der Waals surface area (Å²) in [5.74, 6) is -0.964. The van der Waals surface area contributed by atoms with Crippen LogP contribution in [-0.2, 0) is 4.79 Å². The quantitative estimate of drug-likeness (QED) is 0.853. The van der Waals surface area contributed by atoms with Crippen LogP contribution in [0.1, 0.15) is 10.4 Å². The Morgan fingerprint density at radius 1 is 1.29 bits per heavy atom. The van der Waals surface area contributed by atoms with Crippen LogP contribution < -0.4 is 0 Å². The maximum absolute atomic E-state index is 10.9. The lowest BCUT2D eigenvalue weighted by atomic mass is 10.0. The lowest BCUT2D eigenvalue weighted by Crippen LogP contribution is -1.93. The van der Waals surface area contributed by atoms with Gasteiger partial charge in [0.1, 0.15) is 0 Å². The van der Waals surface area contributed by atoms with Gasteiger partial charge in [-0.2, -0.15) is 0 Å². The molecule has 17 heavy (non-hydrogen) atoms. The summed E-state index contributed by atoms with van der Waals surface area (Å²) < 4.78 is 0. The standard InChI is InChI=1S/C13H9ClO2S/c14-10-4-1-3-9(7-10)11(8-13(15)16)12-5-2-6-17-12/h1-8H,(H,15,16)/b11-8+. The molecular formula is C13H9ClO2S. The summed E-state index contributed by atoms with van der Waals surface area (Å²) in [7, 11) is 0. The fourth-order valence-electron chi connectivity index (χ4n) is 1.51. The summed E-state index contributed by atoms with van der Waals surface area (Å²) in [5, 5.41) is 11.4. The summed E-state index contributed by atoms with van der Waals surface area (Å²) >= 11 is 7.41. The highest BCUT2D eigenvalue weighted by Crippen LogP contribution is 2.28. The molecule has 0 bridgehead atoms. The second-order valence-corrected chi connectivity index (χ2v) is 4.77. The van der Waals surface area contributed by atoms with E-state index in [4.69, 9.17) is 16.7 Å². The molecule has 0 aliphatic rings. The molecule has 0 radical (unpaired) electrons. The van der Waals surface area contributed by atoms with E-state index < -0.39 is 5.97 Å². The van der Waals surface area contributed by atoms with E-state index in [1.54, 1.807) is 18.2 Å². The van der Waals surface area contributed by atoms with Crippen molar-refractivity contribution in [2.45, 2.75) is 0 Å². The number of thiophene rings is 1. The van der Waals surface area contributed by atoms with Crippen molar-refractivity contribution in [1.29, 1.82) is 0 Å². The van der Waals surface area contributed by atoms with E-state index in [1.807, 2.05) is 23.6 Å².